The normalized spacial score (nSPS) is 11.8. The first-order chi connectivity index (χ1) is 19.8. The van der Waals surface area contributed by atoms with Gasteiger partial charge >= 0.3 is 0 Å². The van der Waals surface area contributed by atoms with Crippen molar-refractivity contribution in [1.82, 2.24) is 15.5 Å². The maximum atomic E-state index is 12.6. The van der Waals surface area contributed by atoms with Crippen LogP contribution < -0.4 is 26.8 Å². The van der Waals surface area contributed by atoms with Gasteiger partial charge in [-0.1, -0.05) is 47.7 Å². The van der Waals surface area contributed by atoms with E-state index >= 15 is 0 Å². The maximum Gasteiger partial charge on any atom is 0.230 e. The van der Waals surface area contributed by atoms with Crippen molar-refractivity contribution in [3.05, 3.63) is 93.9 Å². The molecule has 3 aromatic rings. The number of allylic oxidation sites excluding steroid dienone is 3. The molecule has 41 heavy (non-hydrogen) atoms. The van der Waals surface area contributed by atoms with Crippen molar-refractivity contribution in [2.75, 3.05) is 25.6 Å². The van der Waals surface area contributed by atoms with Gasteiger partial charge in [0.2, 0.25) is 16.9 Å². The second-order valence-electron chi connectivity index (χ2n) is 9.44. The van der Waals surface area contributed by atoms with Gasteiger partial charge in [-0.05, 0) is 67.2 Å². The van der Waals surface area contributed by atoms with Crippen LogP contribution in [-0.4, -0.2) is 42.3 Å². The number of hydrogen-bond acceptors (Lipinski definition) is 9. The third kappa shape index (κ3) is 11.8. The molecule has 0 aliphatic carbocycles. The molecule has 0 aliphatic heterocycles. The Morgan fingerprint density at radius 1 is 0.976 bits per heavy atom. The summed E-state index contributed by atoms with van der Waals surface area (Å²) in [5.41, 5.74) is 15.5. The highest BCUT2D eigenvalue weighted by molar-refractivity contribution is 7.15. The van der Waals surface area contributed by atoms with E-state index in [1.165, 1.54) is 11.3 Å². The second-order valence-corrected chi connectivity index (χ2v) is 10.5. The van der Waals surface area contributed by atoms with E-state index < -0.39 is 0 Å². The zero-order chi connectivity index (χ0) is 29.5. The number of hydrogen-bond donors (Lipinski definition) is 4. The molecule has 0 saturated carbocycles. The van der Waals surface area contributed by atoms with Crippen LogP contribution in [0.2, 0.25) is 0 Å². The average molecular weight is 579 g/mol. The number of carbonyl (C=O) groups is 2. The Hall–Kier alpha value is -4.22. The zero-order valence-electron chi connectivity index (χ0n) is 23.5. The highest BCUT2D eigenvalue weighted by Gasteiger charge is 2.12. The van der Waals surface area contributed by atoms with Gasteiger partial charge in [0.05, 0.1) is 19.4 Å². The number of nitrogens with two attached hydrogens (primary N) is 2. The van der Waals surface area contributed by atoms with E-state index in [1.54, 1.807) is 19.3 Å². The van der Waals surface area contributed by atoms with Gasteiger partial charge in [0.1, 0.15) is 23.2 Å². The number of anilines is 1. The van der Waals surface area contributed by atoms with Crippen molar-refractivity contribution in [1.29, 1.82) is 0 Å². The van der Waals surface area contributed by atoms with Gasteiger partial charge in [-0.15, -0.1) is 10.2 Å². The molecule has 0 unspecified atom stereocenters. The number of rotatable bonds is 16. The predicted molar refractivity (Wildman–Crippen MR) is 161 cm³/mol. The summed E-state index contributed by atoms with van der Waals surface area (Å²) >= 11 is 1.37. The van der Waals surface area contributed by atoms with Gasteiger partial charge in [0.15, 0.2) is 0 Å². The van der Waals surface area contributed by atoms with Gasteiger partial charge in [-0.2, -0.15) is 0 Å². The van der Waals surface area contributed by atoms with Crippen molar-refractivity contribution < 1.29 is 19.1 Å². The molecule has 0 fully saturated rings. The minimum absolute atomic E-state index is 0.161. The maximum absolute atomic E-state index is 12.6. The lowest BCUT2D eigenvalue weighted by Gasteiger charge is -2.10. The van der Waals surface area contributed by atoms with Crippen molar-refractivity contribution in [3.8, 4) is 5.75 Å². The lowest BCUT2D eigenvalue weighted by Crippen LogP contribution is -2.28. The fourth-order valence-electron chi connectivity index (χ4n) is 3.83. The van der Waals surface area contributed by atoms with Crippen LogP contribution in [0.4, 0.5) is 5.13 Å². The fraction of sp³-hybridized carbons (Fsp3) is 0.333. The molecule has 2 aromatic carbocycles. The molecule has 2 amide bonds. The third-order valence-corrected chi connectivity index (χ3v) is 6.91. The van der Waals surface area contributed by atoms with E-state index in [4.69, 9.17) is 20.9 Å². The standard InChI is InChI=1S/C30H38N6O4S/c1-21-12-14-25(40-17-16-39-2)19-23(21)20-28(38)34-30-36-35-29(41-30)11-7-6-10-24(31)13-15-26(32)33-27(37)18-22-8-4-3-5-9-22/h3-5,8-9,12-15,19H,6-7,10-11,16-18,20,31-32H2,1-2H3,(H,33,37)(H,34,36,38)/b24-13-,26-15+. The molecule has 0 atom stereocenters. The number of nitrogens with zero attached hydrogens (tertiary/aromatic N) is 2. The monoisotopic (exact) mass is 578 g/mol. The molecule has 1 heterocycles. The van der Waals surface area contributed by atoms with Crippen molar-refractivity contribution in [3.63, 3.8) is 0 Å². The number of nitrogens with one attached hydrogen (secondary N) is 2. The Bertz CT molecular complexity index is 1340. The number of unbranched alkanes of at least 4 members (excludes halogenated alkanes) is 1. The minimum Gasteiger partial charge on any atom is -0.491 e. The summed E-state index contributed by atoms with van der Waals surface area (Å²) in [7, 11) is 1.62. The molecule has 0 spiro atoms. The lowest BCUT2D eigenvalue weighted by atomic mass is 10.1. The van der Waals surface area contributed by atoms with Crippen LogP contribution in [0.5, 0.6) is 5.75 Å². The molecule has 0 aliphatic rings. The summed E-state index contributed by atoms with van der Waals surface area (Å²) in [5, 5.41) is 15.1. The van der Waals surface area contributed by atoms with Crippen molar-refractivity contribution >= 4 is 28.3 Å². The van der Waals surface area contributed by atoms with Gasteiger partial charge in [0, 0.05) is 19.2 Å². The largest absolute Gasteiger partial charge is 0.491 e. The molecule has 218 valence electrons. The summed E-state index contributed by atoms with van der Waals surface area (Å²) in [6, 6.07) is 15.2. The Labute approximate surface area is 244 Å². The molecular weight excluding hydrogens is 540 g/mol. The minimum atomic E-state index is -0.183. The number of ether oxygens (including phenoxy) is 2. The molecule has 1 aromatic heterocycles. The lowest BCUT2D eigenvalue weighted by molar-refractivity contribution is -0.119. The van der Waals surface area contributed by atoms with Crippen LogP contribution in [0.1, 0.15) is 41.0 Å². The summed E-state index contributed by atoms with van der Waals surface area (Å²) in [6.45, 7) is 2.90. The highest BCUT2D eigenvalue weighted by atomic mass is 32.1. The first-order valence-corrected chi connectivity index (χ1v) is 14.2. The number of methoxy groups -OCH3 is 1. The first kappa shape index (κ1) is 31.3. The predicted octanol–water partition coefficient (Wildman–Crippen LogP) is 3.77. The Morgan fingerprint density at radius 2 is 1.78 bits per heavy atom. The molecule has 10 nitrogen and oxygen atoms in total. The summed E-state index contributed by atoms with van der Waals surface area (Å²) in [4.78, 5) is 24.7. The smallest absolute Gasteiger partial charge is 0.230 e. The number of amides is 2. The van der Waals surface area contributed by atoms with Gasteiger partial charge < -0.3 is 31.6 Å². The molecule has 0 bridgehead atoms. The van der Waals surface area contributed by atoms with Gasteiger partial charge in [-0.25, -0.2) is 0 Å². The summed E-state index contributed by atoms with van der Waals surface area (Å²) < 4.78 is 10.7. The molecule has 0 radical (unpaired) electrons. The first-order valence-electron chi connectivity index (χ1n) is 13.4. The fourth-order valence-corrected chi connectivity index (χ4v) is 4.62. The Morgan fingerprint density at radius 3 is 2.56 bits per heavy atom. The van der Waals surface area contributed by atoms with E-state index in [0.717, 1.165) is 41.0 Å². The van der Waals surface area contributed by atoms with Crippen LogP contribution in [0.3, 0.4) is 0 Å². The number of carbonyl (C=O) groups excluding carboxylic acids is 2. The SMILES string of the molecule is COCCOc1ccc(C)c(CC(=O)Nc2nnc(CCCC/C(N)=C/C=C(\N)NC(=O)Cc3ccccc3)s2)c1. The molecular formula is C30H38N6O4S. The average Bonchev–Trinajstić information content (AvgIpc) is 3.39. The summed E-state index contributed by atoms with van der Waals surface area (Å²) in [5.74, 6) is 0.605. The third-order valence-electron chi connectivity index (χ3n) is 6.02. The van der Waals surface area contributed by atoms with Crippen molar-refractivity contribution in [2.24, 2.45) is 11.5 Å². The number of aryl methyl sites for hydroxylation is 2. The van der Waals surface area contributed by atoms with E-state index in [1.807, 2.05) is 55.5 Å². The highest BCUT2D eigenvalue weighted by Crippen LogP contribution is 2.21. The van der Waals surface area contributed by atoms with Crippen LogP contribution in [-0.2, 0) is 33.6 Å². The quantitative estimate of drug-likeness (QED) is 0.148. The van der Waals surface area contributed by atoms with E-state index in [-0.39, 0.29) is 30.5 Å². The van der Waals surface area contributed by atoms with Crippen LogP contribution >= 0.6 is 11.3 Å². The van der Waals surface area contributed by atoms with Crippen molar-refractivity contribution in [2.45, 2.75) is 45.4 Å². The van der Waals surface area contributed by atoms with Crippen LogP contribution in [0.15, 0.2) is 72.2 Å². The van der Waals surface area contributed by atoms with E-state index in [9.17, 15) is 9.59 Å². The van der Waals surface area contributed by atoms with Gasteiger partial charge in [-0.3, -0.25) is 9.59 Å². The molecule has 0 saturated heterocycles. The Kier molecular flexibility index (Phi) is 12.8. The van der Waals surface area contributed by atoms with E-state index in [0.29, 0.717) is 36.2 Å². The molecule has 11 heteroatoms. The topological polar surface area (TPSA) is 154 Å². The summed E-state index contributed by atoms with van der Waals surface area (Å²) in [6.07, 6.45) is 6.89. The second kappa shape index (κ2) is 16.8. The van der Waals surface area contributed by atoms with Crippen LogP contribution in [0, 0.1) is 6.92 Å². The van der Waals surface area contributed by atoms with E-state index in [2.05, 4.69) is 20.8 Å². The number of benzene rings is 2. The molecule has 6 N–H and O–H groups in total. The number of aromatic nitrogens is 2. The molecule has 3 rings (SSSR count). The van der Waals surface area contributed by atoms with Gasteiger partial charge in [0.25, 0.3) is 0 Å². The zero-order valence-corrected chi connectivity index (χ0v) is 24.3. The Balaban J connectivity index is 1.37. The van der Waals surface area contributed by atoms with Crippen LogP contribution in [0.25, 0.3) is 0 Å².